The molecule has 94 valence electrons. The SMILES string of the molecule is NCC(OCc1cccc(Cl)c1)c1ccccn1. The minimum absolute atomic E-state index is 0.190. The van der Waals surface area contributed by atoms with Gasteiger partial charge in [-0.1, -0.05) is 29.8 Å². The van der Waals surface area contributed by atoms with E-state index in [9.17, 15) is 0 Å². The minimum atomic E-state index is -0.190. The van der Waals surface area contributed by atoms with Crippen molar-refractivity contribution in [2.24, 2.45) is 5.73 Å². The van der Waals surface area contributed by atoms with Crippen LogP contribution in [0.4, 0.5) is 0 Å². The number of hydrogen-bond donors (Lipinski definition) is 1. The summed E-state index contributed by atoms with van der Waals surface area (Å²) in [6.45, 7) is 0.872. The van der Waals surface area contributed by atoms with Gasteiger partial charge in [-0.25, -0.2) is 0 Å². The Hall–Kier alpha value is -1.42. The highest BCUT2D eigenvalue weighted by Crippen LogP contribution is 2.17. The smallest absolute Gasteiger partial charge is 0.112 e. The standard InChI is InChI=1S/C14H15ClN2O/c15-12-5-3-4-11(8-12)10-18-14(9-16)13-6-1-2-7-17-13/h1-8,14H,9-10,16H2. The molecule has 0 aliphatic carbocycles. The second kappa shape index (κ2) is 6.50. The quantitative estimate of drug-likeness (QED) is 0.901. The lowest BCUT2D eigenvalue weighted by Gasteiger charge is -2.15. The van der Waals surface area contributed by atoms with Gasteiger partial charge in [0.1, 0.15) is 6.10 Å². The van der Waals surface area contributed by atoms with Crippen molar-refractivity contribution in [3.8, 4) is 0 Å². The number of benzene rings is 1. The average Bonchev–Trinajstić information content (AvgIpc) is 2.41. The monoisotopic (exact) mass is 262 g/mol. The van der Waals surface area contributed by atoms with E-state index in [2.05, 4.69) is 4.98 Å². The molecule has 1 unspecified atom stereocenters. The van der Waals surface area contributed by atoms with E-state index in [1.165, 1.54) is 0 Å². The van der Waals surface area contributed by atoms with E-state index in [0.717, 1.165) is 11.3 Å². The molecular formula is C14H15ClN2O. The van der Waals surface area contributed by atoms with Gasteiger partial charge in [-0.2, -0.15) is 0 Å². The number of hydrogen-bond acceptors (Lipinski definition) is 3. The fraction of sp³-hybridized carbons (Fsp3) is 0.214. The molecule has 18 heavy (non-hydrogen) atoms. The van der Waals surface area contributed by atoms with E-state index in [4.69, 9.17) is 22.1 Å². The highest BCUT2D eigenvalue weighted by molar-refractivity contribution is 6.30. The van der Waals surface area contributed by atoms with E-state index in [1.54, 1.807) is 6.20 Å². The Morgan fingerprint density at radius 3 is 2.78 bits per heavy atom. The van der Waals surface area contributed by atoms with E-state index in [-0.39, 0.29) is 6.10 Å². The molecular weight excluding hydrogens is 248 g/mol. The summed E-state index contributed by atoms with van der Waals surface area (Å²) in [5, 5.41) is 0.707. The Morgan fingerprint density at radius 1 is 1.22 bits per heavy atom. The lowest BCUT2D eigenvalue weighted by Crippen LogP contribution is -2.16. The zero-order chi connectivity index (χ0) is 12.8. The summed E-state index contributed by atoms with van der Waals surface area (Å²) >= 11 is 5.92. The molecule has 1 aromatic heterocycles. The van der Waals surface area contributed by atoms with Crippen molar-refractivity contribution in [2.45, 2.75) is 12.7 Å². The van der Waals surface area contributed by atoms with Crippen LogP contribution >= 0.6 is 11.6 Å². The van der Waals surface area contributed by atoms with Crippen molar-refractivity contribution < 1.29 is 4.74 Å². The predicted molar refractivity (Wildman–Crippen MR) is 72.3 cm³/mol. The molecule has 1 heterocycles. The van der Waals surface area contributed by atoms with Crippen LogP contribution in [-0.2, 0) is 11.3 Å². The normalized spacial score (nSPS) is 12.3. The molecule has 3 nitrogen and oxygen atoms in total. The zero-order valence-corrected chi connectivity index (χ0v) is 10.7. The van der Waals surface area contributed by atoms with Gasteiger partial charge in [0.15, 0.2) is 0 Å². The van der Waals surface area contributed by atoms with Gasteiger partial charge in [0, 0.05) is 17.8 Å². The summed E-state index contributed by atoms with van der Waals surface area (Å²) in [7, 11) is 0. The van der Waals surface area contributed by atoms with E-state index < -0.39 is 0 Å². The molecule has 0 aliphatic heterocycles. The minimum Gasteiger partial charge on any atom is -0.366 e. The van der Waals surface area contributed by atoms with Crippen LogP contribution in [0.2, 0.25) is 5.02 Å². The molecule has 0 amide bonds. The Bertz CT molecular complexity index is 490. The first-order valence-electron chi connectivity index (χ1n) is 5.76. The molecule has 0 spiro atoms. The molecule has 2 N–H and O–H groups in total. The van der Waals surface area contributed by atoms with Gasteiger partial charge in [0.25, 0.3) is 0 Å². The molecule has 0 fully saturated rings. The zero-order valence-electron chi connectivity index (χ0n) is 9.92. The summed E-state index contributed by atoms with van der Waals surface area (Å²) in [5.41, 5.74) is 7.58. The molecule has 2 rings (SSSR count). The molecule has 2 aromatic rings. The second-order valence-electron chi connectivity index (χ2n) is 3.92. The number of ether oxygens (including phenoxy) is 1. The Kier molecular flexibility index (Phi) is 4.70. The van der Waals surface area contributed by atoms with Gasteiger partial charge in [0.2, 0.25) is 0 Å². The van der Waals surface area contributed by atoms with Crippen LogP contribution in [0.5, 0.6) is 0 Å². The van der Waals surface area contributed by atoms with Crippen LogP contribution < -0.4 is 5.73 Å². The summed E-state index contributed by atoms with van der Waals surface area (Å²) in [6.07, 6.45) is 1.55. The van der Waals surface area contributed by atoms with Gasteiger partial charge in [0.05, 0.1) is 12.3 Å². The Balaban J connectivity index is 2.00. The number of rotatable bonds is 5. The highest BCUT2D eigenvalue weighted by atomic mass is 35.5. The topological polar surface area (TPSA) is 48.1 Å². The van der Waals surface area contributed by atoms with Crippen molar-refractivity contribution in [2.75, 3.05) is 6.54 Å². The molecule has 1 atom stereocenters. The molecule has 0 aliphatic rings. The van der Waals surface area contributed by atoms with Crippen molar-refractivity contribution in [1.82, 2.24) is 4.98 Å². The van der Waals surface area contributed by atoms with Crippen LogP contribution in [0.1, 0.15) is 17.4 Å². The second-order valence-corrected chi connectivity index (χ2v) is 4.36. The number of nitrogens with zero attached hydrogens (tertiary/aromatic N) is 1. The number of aromatic nitrogens is 1. The summed E-state index contributed by atoms with van der Waals surface area (Å²) in [5.74, 6) is 0. The maximum absolute atomic E-state index is 5.92. The third-order valence-electron chi connectivity index (χ3n) is 2.57. The van der Waals surface area contributed by atoms with Gasteiger partial charge in [-0.05, 0) is 29.8 Å². The average molecular weight is 263 g/mol. The van der Waals surface area contributed by atoms with Crippen molar-refractivity contribution >= 4 is 11.6 Å². The van der Waals surface area contributed by atoms with E-state index in [0.29, 0.717) is 18.2 Å². The summed E-state index contributed by atoms with van der Waals surface area (Å²) in [6, 6.07) is 13.3. The Labute approximate surface area is 112 Å². The summed E-state index contributed by atoms with van der Waals surface area (Å²) in [4.78, 5) is 4.25. The fourth-order valence-electron chi connectivity index (χ4n) is 1.66. The molecule has 0 saturated carbocycles. The highest BCUT2D eigenvalue weighted by Gasteiger charge is 2.11. The first kappa shape index (κ1) is 13.0. The lowest BCUT2D eigenvalue weighted by molar-refractivity contribution is 0.0429. The van der Waals surface area contributed by atoms with Gasteiger partial charge in [-0.3, -0.25) is 4.98 Å². The lowest BCUT2D eigenvalue weighted by atomic mass is 10.2. The number of nitrogens with two attached hydrogens (primary N) is 1. The Morgan fingerprint density at radius 2 is 2.11 bits per heavy atom. The van der Waals surface area contributed by atoms with Crippen molar-refractivity contribution in [3.05, 3.63) is 64.9 Å². The van der Waals surface area contributed by atoms with Gasteiger partial charge in [-0.15, -0.1) is 0 Å². The molecule has 0 saturated heterocycles. The van der Waals surface area contributed by atoms with Gasteiger partial charge >= 0.3 is 0 Å². The first-order chi connectivity index (χ1) is 8.79. The maximum atomic E-state index is 5.92. The maximum Gasteiger partial charge on any atom is 0.112 e. The molecule has 1 aromatic carbocycles. The van der Waals surface area contributed by atoms with Crippen molar-refractivity contribution in [3.63, 3.8) is 0 Å². The molecule has 4 heteroatoms. The van der Waals surface area contributed by atoms with Crippen LogP contribution in [0.15, 0.2) is 48.7 Å². The third-order valence-corrected chi connectivity index (χ3v) is 2.81. The third kappa shape index (κ3) is 3.53. The van der Waals surface area contributed by atoms with Crippen LogP contribution in [0.3, 0.4) is 0 Å². The predicted octanol–water partition coefficient (Wildman–Crippen LogP) is 2.95. The van der Waals surface area contributed by atoms with Crippen molar-refractivity contribution in [1.29, 1.82) is 0 Å². The van der Waals surface area contributed by atoms with Crippen LogP contribution in [-0.4, -0.2) is 11.5 Å². The van der Waals surface area contributed by atoms with Crippen LogP contribution in [0.25, 0.3) is 0 Å². The van der Waals surface area contributed by atoms with Crippen LogP contribution in [0, 0.1) is 0 Å². The summed E-state index contributed by atoms with van der Waals surface area (Å²) < 4.78 is 5.77. The number of halogens is 1. The van der Waals surface area contributed by atoms with Gasteiger partial charge < -0.3 is 10.5 Å². The largest absolute Gasteiger partial charge is 0.366 e. The van der Waals surface area contributed by atoms with E-state index >= 15 is 0 Å². The molecule has 0 radical (unpaired) electrons. The molecule has 0 bridgehead atoms. The first-order valence-corrected chi connectivity index (χ1v) is 6.14. The fourth-order valence-corrected chi connectivity index (χ4v) is 1.88. The number of pyridine rings is 1. The van der Waals surface area contributed by atoms with E-state index in [1.807, 2.05) is 42.5 Å².